The van der Waals surface area contributed by atoms with Gasteiger partial charge in [-0.05, 0) is 43.5 Å². The number of hydrogen-bond acceptors (Lipinski definition) is 4. The normalized spacial score (nSPS) is 32.3. The van der Waals surface area contributed by atoms with Crippen LogP contribution in [0.15, 0.2) is 18.2 Å². The molecule has 1 aliphatic heterocycles. The van der Waals surface area contributed by atoms with Crippen molar-refractivity contribution in [2.45, 2.75) is 43.7 Å². The summed E-state index contributed by atoms with van der Waals surface area (Å²) in [7, 11) is 3.31. The zero-order valence-corrected chi connectivity index (χ0v) is 12.9. The second kappa shape index (κ2) is 5.85. The average molecular weight is 291 g/mol. The maximum absolute atomic E-state index is 11.0. The Balaban J connectivity index is 1.91. The second-order valence-electron chi connectivity index (χ2n) is 6.25. The van der Waals surface area contributed by atoms with Gasteiger partial charge in [0.15, 0.2) is 11.5 Å². The molecule has 0 radical (unpaired) electrons. The standard InChI is InChI=1S/C17H25NO3/c1-20-14-7-6-12(11-15(14)21-2)16-13-5-3-4-8-17(13,19)9-10-18-16/h6-7,11,13,16,18-19H,3-5,8-10H2,1-2H3/t13-,16+,17-/m0/s1. The first-order valence-electron chi connectivity index (χ1n) is 7.85. The highest BCUT2D eigenvalue weighted by atomic mass is 16.5. The van der Waals surface area contributed by atoms with Crippen molar-refractivity contribution in [3.05, 3.63) is 23.8 Å². The molecule has 0 unspecified atom stereocenters. The van der Waals surface area contributed by atoms with E-state index in [4.69, 9.17) is 9.47 Å². The SMILES string of the molecule is COc1ccc([C@H]2NCC[C@@]3(O)CCCC[C@@H]23)cc1OC. The number of aliphatic hydroxyl groups is 1. The zero-order valence-electron chi connectivity index (χ0n) is 12.9. The van der Waals surface area contributed by atoms with E-state index < -0.39 is 5.60 Å². The molecule has 1 aromatic rings. The van der Waals surface area contributed by atoms with E-state index in [2.05, 4.69) is 11.4 Å². The highest BCUT2D eigenvalue weighted by Crippen LogP contribution is 2.46. The van der Waals surface area contributed by atoms with E-state index in [-0.39, 0.29) is 12.0 Å². The van der Waals surface area contributed by atoms with Crippen LogP contribution in [-0.4, -0.2) is 31.5 Å². The van der Waals surface area contributed by atoms with Crippen LogP contribution in [0.1, 0.15) is 43.7 Å². The lowest BCUT2D eigenvalue weighted by Crippen LogP contribution is -2.53. The Hall–Kier alpha value is -1.26. The quantitative estimate of drug-likeness (QED) is 0.899. The van der Waals surface area contributed by atoms with Gasteiger partial charge in [0.25, 0.3) is 0 Å². The van der Waals surface area contributed by atoms with Gasteiger partial charge in [-0.25, -0.2) is 0 Å². The molecule has 4 nitrogen and oxygen atoms in total. The van der Waals surface area contributed by atoms with Crippen molar-refractivity contribution in [1.29, 1.82) is 0 Å². The molecule has 2 aliphatic rings. The summed E-state index contributed by atoms with van der Waals surface area (Å²) in [5.41, 5.74) is 0.680. The molecule has 3 atom stereocenters. The van der Waals surface area contributed by atoms with Crippen molar-refractivity contribution in [2.24, 2.45) is 5.92 Å². The Labute approximate surface area is 126 Å². The molecule has 1 heterocycles. The van der Waals surface area contributed by atoms with Crippen molar-refractivity contribution in [1.82, 2.24) is 5.32 Å². The lowest BCUT2D eigenvalue weighted by molar-refractivity contribution is -0.0861. The number of nitrogens with one attached hydrogen (secondary N) is 1. The van der Waals surface area contributed by atoms with Gasteiger partial charge < -0.3 is 19.9 Å². The molecule has 0 spiro atoms. The van der Waals surface area contributed by atoms with Crippen molar-refractivity contribution < 1.29 is 14.6 Å². The van der Waals surface area contributed by atoms with Gasteiger partial charge in [-0.1, -0.05) is 18.9 Å². The summed E-state index contributed by atoms with van der Waals surface area (Å²) in [6.07, 6.45) is 5.23. The molecule has 2 fully saturated rings. The summed E-state index contributed by atoms with van der Waals surface area (Å²) in [6.45, 7) is 0.867. The van der Waals surface area contributed by atoms with Crippen molar-refractivity contribution in [2.75, 3.05) is 20.8 Å². The lowest BCUT2D eigenvalue weighted by Gasteiger charge is -2.48. The first-order chi connectivity index (χ1) is 10.2. The molecule has 4 heteroatoms. The van der Waals surface area contributed by atoms with Crippen LogP contribution in [0.25, 0.3) is 0 Å². The van der Waals surface area contributed by atoms with Crippen LogP contribution in [0.3, 0.4) is 0 Å². The summed E-state index contributed by atoms with van der Waals surface area (Å²) < 4.78 is 10.7. The molecule has 21 heavy (non-hydrogen) atoms. The van der Waals surface area contributed by atoms with Gasteiger partial charge in [-0.3, -0.25) is 0 Å². The van der Waals surface area contributed by atoms with Crippen LogP contribution in [0, 0.1) is 5.92 Å². The Kier molecular flexibility index (Phi) is 4.09. The first-order valence-corrected chi connectivity index (χ1v) is 7.85. The number of ether oxygens (including phenoxy) is 2. The number of benzene rings is 1. The molecule has 1 saturated carbocycles. The fraction of sp³-hybridized carbons (Fsp3) is 0.647. The summed E-state index contributed by atoms with van der Waals surface area (Å²) in [4.78, 5) is 0. The van der Waals surface area contributed by atoms with Crippen LogP contribution in [-0.2, 0) is 0 Å². The predicted octanol–water partition coefficient (Wildman–Crippen LogP) is 2.66. The third-order valence-electron chi connectivity index (χ3n) is 5.16. The summed E-state index contributed by atoms with van der Waals surface area (Å²) in [5.74, 6) is 1.79. The van der Waals surface area contributed by atoms with E-state index in [1.54, 1.807) is 14.2 Å². The van der Waals surface area contributed by atoms with Gasteiger partial charge in [0.2, 0.25) is 0 Å². The summed E-state index contributed by atoms with van der Waals surface area (Å²) >= 11 is 0. The van der Waals surface area contributed by atoms with Crippen molar-refractivity contribution >= 4 is 0 Å². The summed E-state index contributed by atoms with van der Waals surface area (Å²) in [6, 6.07) is 6.27. The molecule has 3 rings (SSSR count). The molecular weight excluding hydrogens is 266 g/mol. The molecule has 116 valence electrons. The van der Waals surface area contributed by atoms with Crippen LogP contribution in [0.5, 0.6) is 11.5 Å². The van der Waals surface area contributed by atoms with Crippen molar-refractivity contribution in [3.8, 4) is 11.5 Å². The molecule has 0 aromatic heterocycles. The predicted molar refractivity (Wildman–Crippen MR) is 81.8 cm³/mol. The molecule has 0 bridgehead atoms. The van der Waals surface area contributed by atoms with Crippen molar-refractivity contribution in [3.63, 3.8) is 0 Å². The Morgan fingerprint density at radius 1 is 1.14 bits per heavy atom. The topological polar surface area (TPSA) is 50.7 Å². The number of piperidine rings is 1. The van der Waals surface area contributed by atoms with E-state index >= 15 is 0 Å². The monoisotopic (exact) mass is 291 g/mol. The fourth-order valence-electron chi connectivity index (χ4n) is 4.02. The molecular formula is C17H25NO3. The van der Waals surface area contributed by atoms with Gasteiger partial charge in [0, 0.05) is 12.0 Å². The molecule has 1 saturated heterocycles. The minimum Gasteiger partial charge on any atom is -0.493 e. The van der Waals surface area contributed by atoms with E-state index in [9.17, 15) is 5.11 Å². The number of hydrogen-bond donors (Lipinski definition) is 2. The molecule has 1 aromatic carbocycles. The number of fused-ring (bicyclic) bond motifs is 1. The van der Waals surface area contributed by atoms with E-state index in [0.29, 0.717) is 0 Å². The molecule has 2 N–H and O–H groups in total. The van der Waals surface area contributed by atoms with Gasteiger partial charge in [-0.15, -0.1) is 0 Å². The van der Waals surface area contributed by atoms with E-state index in [1.165, 1.54) is 12.0 Å². The Morgan fingerprint density at radius 3 is 2.71 bits per heavy atom. The largest absolute Gasteiger partial charge is 0.493 e. The smallest absolute Gasteiger partial charge is 0.161 e. The van der Waals surface area contributed by atoms with Crippen LogP contribution >= 0.6 is 0 Å². The molecule has 1 aliphatic carbocycles. The lowest BCUT2D eigenvalue weighted by atomic mass is 9.67. The van der Waals surface area contributed by atoms with Gasteiger partial charge >= 0.3 is 0 Å². The van der Waals surface area contributed by atoms with Crippen LogP contribution < -0.4 is 14.8 Å². The Bertz CT molecular complexity index is 501. The van der Waals surface area contributed by atoms with E-state index in [1.807, 2.05) is 12.1 Å². The average Bonchev–Trinajstić information content (AvgIpc) is 2.53. The Morgan fingerprint density at radius 2 is 1.95 bits per heavy atom. The second-order valence-corrected chi connectivity index (χ2v) is 6.25. The first kappa shape index (κ1) is 14.7. The van der Waals surface area contributed by atoms with Gasteiger partial charge in [0.05, 0.1) is 19.8 Å². The number of methoxy groups -OCH3 is 2. The van der Waals surface area contributed by atoms with Gasteiger partial charge in [0.1, 0.15) is 0 Å². The highest BCUT2D eigenvalue weighted by Gasteiger charge is 2.45. The maximum atomic E-state index is 11.0. The van der Waals surface area contributed by atoms with Gasteiger partial charge in [-0.2, -0.15) is 0 Å². The maximum Gasteiger partial charge on any atom is 0.161 e. The highest BCUT2D eigenvalue weighted by molar-refractivity contribution is 5.44. The third kappa shape index (κ3) is 2.62. The minimum absolute atomic E-state index is 0.198. The third-order valence-corrected chi connectivity index (χ3v) is 5.16. The summed E-state index contributed by atoms with van der Waals surface area (Å²) in [5, 5.41) is 14.5. The van der Waals surface area contributed by atoms with Crippen LogP contribution in [0.2, 0.25) is 0 Å². The van der Waals surface area contributed by atoms with E-state index in [0.717, 1.165) is 43.7 Å². The fourth-order valence-corrected chi connectivity index (χ4v) is 4.02. The zero-order chi connectivity index (χ0) is 14.9. The number of rotatable bonds is 3. The molecule has 0 amide bonds. The minimum atomic E-state index is -0.499. The van der Waals surface area contributed by atoms with Crippen LogP contribution in [0.4, 0.5) is 0 Å².